The highest BCUT2D eigenvalue weighted by atomic mass is 16.4. The lowest BCUT2D eigenvalue weighted by Gasteiger charge is -2.26. The van der Waals surface area contributed by atoms with Crippen LogP contribution >= 0.6 is 0 Å². The van der Waals surface area contributed by atoms with E-state index in [-0.39, 0.29) is 5.92 Å². The van der Waals surface area contributed by atoms with Crippen LogP contribution in [0.1, 0.15) is 18.2 Å². The number of carbonyl (C=O) groups is 1. The molecular weight excluding hydrogens is 184 g/mol. The first-order valence-electron chi connectivity index (χ1n) is 4.62. The maximum Gasteiger partial charge on any atom is 0.308 e. The van der Waals surface area contributed by atoms with Crippen LogP contribution in [0.25, 0.3) is 0 Å². The summed E-state index contributed by atoms with van der Waals surface area (Å²) in [6.45, 7) is 1.30. The average molecular weight is 196 g/mol. The molecule has 0 radical (unpaired) electrons. The number of hydrogen-bond donors (Lipinski definition) is 2. The molecule has 1 fully saturated rings. The van der Waals surface area contributed by atoms with Gasteiger partial charge in [0.15, 0.2) is 5.89 Å². The highest BCUT2D eigenvalue weighted by molar-refractivity contribution is 5.71. The summed E-state index contributed by atoms with van der Waals surface area (Å²) < 4.78 is 5.15. The minimum absolute atomic E-state index is 0.0938. The number of hydrogen-bond acceptors (Lipinski definition) is 4. The summed E-state index contributed by atoms with van der Waals surface area (Å²) >= 11 is 0. The molecule has 0 aliphatic carbocycles. The number of rotatable bonds is 2. The van der Waals surface area contributed by atoms with E-state index in [0.29, 0.717) is 12.4 Å². The second-order valence-corrected chi connectivity index (χ2v) is 3.41. The Morgan fingerprint density at radius 1 is 1.71 bits per heavy atom. The van der Waals surface area contributed by atoms with Crippen LogP contribution < -0.4 is 5.32 Å². The maximum atomic E-state index is 11.0. The van der Waals surface area contributed by atoms with Crippen LogP contribution in [0.4, 0.5) is 0 Å². The molecule has 2 unspecified atom stereocenters. The summed E-state index contributed by atoms with van der Waals surface area (Å²) in [4.78, 5) is 15.0. The van der Waals surface area contributed by atoms with Gasteiger partial charge in [-0.25, -0.2) is 4.98 Å². The summed E-state index contributed by atoms with van der Waals surface area (Å²) in [6.07, 6.45) is 3.80. The number of carboxylic acid groups (broad SMARTS) is 1. The number of piperidine rings is 1. The van der Waals surface area contributed by atoms with E-state index in [4.69, 9.17) is 9.52 Å². The van der Waals surface area contributed by atoms with E-state index in [1.165, 1.54) is 6.26 Å². The van der Waals surface area contributed by atoms with E-state index in [2.05, 4.69) is 10.3 Å². The third-order valence-corrected chi connectivity index (χ3v) is 2.57. The number of oxazole rings is 1. The lowest BCUT2D eigenvalue weighted by molar-refractivity contribution is -0.143. The summed E-state index contributed by atoms with van der Waals surface area (Å²) in [7, 11) is 0. The molecule has 2 N–H and O–H groups in total. The van der Waals surface area contributed by atoms with Gasteiger partial charge in [0.05, 0.1) is 18.0 Å². The largest absolute Gasteiger partial charge is 0.481 e. The Hall–Kier alpha value is -1.36. The van der Waals surface area contributed by atoms with Gasteiger partial charge in [0.2, 0.25) is 0 Å². The van der Waals surface area contributed by atoms with Gasteiger partial charge in [-0.05, 0) is 13.0 Å². The van der Waals surface area contributed by atoms with E-state index in [1.807, 2.05) is 0 Å². The Labute approximate surface area is 81.1 Å². The second-order valence-electron chi connectivity index (χ2n) is 3.41. The Balaban J connectivity index is 2.18. The van der Waals surface area contributed by atoms with Gasteiger partial charge in [-0.3, -0.25) is 4.79 Å². The summed E-state index contributed by atoms with van der Waals surface area (Å²) in [6, 6.07) is 0. The van der Waals surface area contributed by atoms with Crippen molar-refractivity contribution in [2.24, 2.45) is 5.92 Å². The summed E-state index contributed by atoms with van der Waals surface area (Å²) in [5.41, 5.74) is 0. The zero-order valence-corrected chi connectivity index (χ0v) is 7.64. The zero-order chi connectivity index (χ0) is 9.97. The maximum absolute atomic E-state index is 11.0. The molecule has 5 nitrogen and oxygen atoms in total. The normalized spacial score (nSPS) is 27.4. The average Bonchev–Trinajstić information content (AvgIpc) is 2.70. The van der Waals surface area contributed by atoms with Gasteiger partial charge < -0.3 is 14.8 Å². The lowest BCUT2D eigenvalue weighted by Crippen LogP contribution is -2.39. The van der Waals surface area contributed by atoms with Gasteiger partial charge in [-0.15, -0.1) is 0 Å². The van der Waals surface area contributed by atoms with E-state index in [9.17, 15) is 4.79 Å². The van der Waals surface area contributed by atoms with Crippen molar-refractivity contribution >= 4 is 5.97 Å². The molecule has 2 atom stereocenters. The third kappa shape index (κ3) is 1.63. The summed E-state index contributed by atoms with van der Waals surface area (Å²) in [5.74, 6) is -0.773. The van der Waals surface area contributed by atoms with Crippen LogP contribution in [0.15, 0.2) is 16.9 Å². The predicted octanol–water partition coefficient (Wildman–Crippen LogP) is 0.452. The Morgan fingerprint density at radius 2 is 2.57 bits per heavy atom. The van der Waals surface area contributed by atoms with Crippen molar-refractivity contribution in [3.8, 4) is 0 Å². The molecule has 2 heterocycles. The van der Waals surface area contributed by atoms with Crippen LogP contribution in [0.2, 0.25) is 0 Å². The van der Waals surface area contributed by atoms with Crippen LogP contribution in [-0.4, -0.2) is 29.1 Å². The van der Waals surface area contributed by atoms with E-state index < -0.39 is 11.9 Å². The molecule has 1 aromatic heterocycles. The molecule has 0 aromatic carbocycles. The second kappa shape index (κ2) is 3.79. The molecule has 5 heteroatoms. The summed E-state index contributed by atoms with van der Waals surface area (Å²) in [5, 5.41) is 12.1. The molecule has 0 bridgehead atoms. The van der Waals surface area contributed by atoms with Gasteiger partial charge in [0.1, 0.15) is 6.26 Å². The monoisotopic (exact) mass is 196 g/mol. The number of aromatic nitrogens is 1. The first kappa shape index (κ1) is 9.21. The zero-order valence-electron chi connectivity index (χ0n) is 7.64. The lowest BCUT2D eigenvalue weighted by atomic mass is 9.86. The first-order valence-corrected chi connectivity index (χ1v) is 4.62. The number of carboxylic acids is 1. The number of nitrogens with zero attached hydrogens (tertiary/aromatic N) is 1. The Kier molecular flexibility index (Phi) is 2.49. The molecule has 1 aliphatic rings. The minimum Gasteiger partial charge on any atom is -0.481 e. The number of nitrogens with one attached hydrogen (secondary N) is 1. The third-order valence-electron chi connectivity index (χ3n) is 2.57. The number of aliphatic carboxylic acids is 1. The molecule has 2 rings (SSSR count). The van der Waals surface area contributed by atoms with Gasteiger partial charge in [0, 0.05) is 6.54 Å². The van der Waals surface area contributed by atoms with Crippen molar-refractivity contribution in [1.29, 1.82) is 0 Å². The van der Waals surface area contributed by atoms with Crippen LogP contribution in [0, 0.1) is 5.92 Å². The molecule has 76 valence electrons. The Morgan fingerprint density at radius 3 is 3.21 bits per heavy atom. The Bertz CT molecular complexity index is 310. The molecule has 0 spiro atoms. The van der Waals surface area contributed by atoms with Gasteiger partial charge in [0.25, 0.3) is 0 Å². The first-order chi connectivity index (χ1) is 6.79. The molecule has 0 saturated carbocycles. The molecule has 1 saturated heterocycles. The quantitative estimate of drug-likeness (QED) is 0.718. The van der Waals surface area contributed by atoms with Gasteiger partial charge in [-0.2, -0.15) is 0 Å². The van der Waals surface area contributed by atoms with Crippen molar-refractivity contribution in [1.82, 2.24) is 10.3 Å². The van der Waals surface area contributed by atoms with Crippen molar-refractivity contribution in [2.75, 3.05) is 13.1 Å². The molecule has 1 aliphatic heterocycles. The standard InChI is InChI=1S/C9H12N2O3/c12-9(13)7-5-10-2-1-6(7)8-11-3-4-14-8/h3-4,6-7,10H,1-2,5H2,(H,12,13). The highest BCUT2D eigenvalue weighted by Crippen LogP contribution is 2.29. The van der Waals surface area contributed by atoms with Crippen LogP contribution in [-0.2, 0) is 4.79 Å². The van der Waals surface area contributed by atoms with Crippen LogP contribution in [0.3, 0.4) is 0 Å². The predicted molar refractivity (Wildman–Crippen MR) is 47.9 cm³/mol. The van der Waals surface area contributed by atoms with E-state index in [1.54, 1.807) is 6.20 Å². The highest BCUT2D eigenvalue weighted by Gasteiger charge is 2.34. The topological polar surface area (TPSA) is 75.4 Å². The van der Waals surface area contributed by atoms with Crippen molar-refractivity contribution in [3.63, 3.8) is 0 Å². The molecule has 1 aromatic rings. The minimum atomic E-state index is -0.791. The fraction of sp³-hybridized carbons (Fsp3) is 0.556. The van der Waals surface area contributed by atoms with Gasteiger partial charge >= 0.3 is 5.97 Å². The van der Waals surface area contributed by atoms with E-state index >= 15 is 0 Å². The SMILES string of the molecule is O=C(O)C1CNCCC1c1ncco1. The smallest absolute Gasteiger partial charge is 0.308 e. The molecular formula is C9H12N2O3. The van der Waals surface area contributed by atoms with Crippen molar-refractivity contribution < 1.29 is 14.3 Å². The molecule has 0 amide bonds. The van der Waals surface area contributed by atoms with E-state index in [0.717, 1.165) is 13.0 Å². The fourth-order valence-electron chi connectivity index (χ4n) is 1.83. The fourth-order valence-corrected chi connectivity index (χ4v) is 1.83. The van der Waals surface area contributed by atoms with Crippen molar-refractivity contribution in [2.45, 2.75) is 12.3 Å². The molecule has 14 heavy (non-hydrogen) atoms. The van der Waals surface area contributed by atoms with Gasteiger partial charge in [-0.1, -0.05) is 0 Å². The van der Waals surface area contributed by atoms with Crippen LogP contribution in [0.5, 0.6) is 0 Å². The van der Waals surface area contributed by atoms with Crippen molar-refractivity contribution in [3.05, 3.63) is 18.4 Å².